The molecule has 1 rings (SSSR count). The number of halogens is 2. The maximum absolute atomic E-state index is 5.84. The van der Waals surface area contributed by atoms with E-state index in [1.807, 2.05) is 6.07 Å². The highest BCUT2D eigenvalue weighted by atomic mass is 79.9. The van der Waals surface area contributed by atoms with Crippen LogP contribution in [0.15, 0.2) is 27.7 Å². The number of anilines is 1. The van der Waals surface area contributed by atoms with Crippen molar-refractivity contribution in [1.82, 2.24) is 5.43 Å². The van der Waals surface area contributed by atoms with Crippen LogP contribution in [0.5, 0.6) is 0 Å². The molecule has 0 radical (unpaired) electrons. The third-order valence-corrected chi connectivity index (χ3v) is 2.78. The molecule has 94 valence electrons. The van der Waals surface area contributed by atoms with Crippen molar-refractivity contribution in [2.24, 2.45) is 10.8 Å². The minimum atomic E-state index is 0.463. The van der Waals surface area contributed by atoms with Crippen molar-refractivity contribution < 1.29 is 4.74 Å². The van der Waals surface area contributed by atoms with Gasteiger partial charge in [0.05, 0.1) is 18.8 Å². The molecule has 0 atom stereocenters. The Morgan fingerprint density at radius 2 is 2.35 bits per heavy atom. The van der Waals surface area contributed by atoms with Gasteiger partial charge >= 0.3 is 0 Å². The maximum atomic E-state index is 5.84. The van der Waals surface area contributed by atoms with E-state index in [9.17, 15) is 0 Å². The highest BCUT2D eigenvalue weighted by molar-refractivity contribution is 9.10. The minimum Gasteiger partial charge on any atom is -0.383 e. The second-order valence-electron chi connectivity index (χ2n) is 3.12. The lowest BCUT2D eigenvalue weighted by Gasteiger charge is -2.10. The highest BCUT2D eigenvalue weighted by Crippen LogP contribution is 2.25. The summed E-state index contributed by atoms with van der Waals surface area (Å²) in [4.78, 5) is 4.18. The molecule has 0 saturated heterocycles. The Morgan fingerprint density at radius 1 is 1.59 bits per heavy atom. The van der Waals surface area contributed by atoms with Crippen molar-refractivity contribution in [3.63, 3.8) is 0 Å². The fourth-order valence-electron chi connectivity index (χ4n) is 1.09. The molecule has 0 saturated carbocycles. The van der Waals surface area contributed by atoms with Gasteiger partial charge in [-0.15, -0.1) is 0 Å². The monoisotopic (exact) mass is 320 g/mol. The van der Waals surface area contributed by atoms with Crippen molar-refractivity contribution in [3.05, 3.63) is 27.7 Å². The van der Waals surface area contributed by atoms with E-state index in [0.29, 0.717) is 24.1 Å². The summed E-state index contributed by atoms with van der Waals surface area (Å²) < 4.78 is 5.73. The van der Waals surface area contributed by atoms with Crippen LogP contribution in [0.1, 0.15) is 0 Å². The number of hydrazine groups is 1. The van der Waals surface area contributed by atoms with Crippen LogP contribution in [0, 0.1) is 0 Å². The fraction of sp³-hybridized carbons (Fsp3) is 0.300. The average molecular weight is 322 g/mol. The second-order valence-corrected chi connectivity index (χ2v) is 4.41. The number of rotatable bonds is 4. The minimum absolute atomic E-state index is 0.463. The van der Waals surface area contributed by atoms with Crippen LogP contribution >= 0.6 is 27.5 Å². The number of guanidine groups is 1. The summed E-state index contributed by atoms with van der Waals surface area (Å²) in [6.07, 6.45) is 0. The van der Waals surface area contributed by atoms with Crippen LogP contribution < -0.4 is 16.6 Å². The summed E-state index contributed by atoms with van der Waals surface area (Å²) in [5.41, 5.74) is 3.30. The third-order valence-electron chi connectivity index (χ3n) is 1.89. The lowest BCUT2D eigenvalue weighted by atomic mass is 10.3. The lowest BCUT2D eigenvalue weighted by molar-refractivity contribution is 0.208. The van der Waals surface area contributed by atoms with E-state index in [-0.39, 0.29) is 0 Å². The predicted molar refractivity (Wildman–Crippen MR) is 74.3 cm³/mol. The molecule has 0 heterocycles. The van der Waals surface area contributed by atoms with Crippen molar-refractivity contribution >= 4 is 39.2 Å². The molecule has 17 heavy (non-hydrogen) atoms. The molecule has 0 aromatic heterocycles. The molecule has 5 nitrogen and oxygen atoms in total. The Bertz CT molecular complexity index is 400. The zero-order chi connectivity index (χ0) is 12.7. The molecule has 0 aliphatic heterocycles. The van der Waals surface area contributed by atoms with Crippen LogP contribution in [0.2, 0.25) is 5.02 Å². The number of ether oxygens (including phenoxy) is 1. The van der Waals surface area contributed by atoms with Crippen molar-refractivity contribution in [2.75, 3.05) is 25.6 Å². The first-order chi connectivity index (χ1) is 8.17. The van der Waals surface area contributed by atoms with E-state index in [4.69, 9.17) is 22.2 Å². The molecular formula is C10H14BrClN4O. The van der Waals surface area contributed by atoms with Gasteiger partial charge in [-0.2, -0.15) is 0 Å². The molecule has 1 aromatic carbocycles. The number of nitrogens with one attached hydrogen (secondary N) is 2. The summed E-state index contributed by atoms with van der Waals surface area (Å²) in [6.45, 7) is 1.06. The van der Waals surface area contributed by atoms with Gasteiger partial charge in [-0.3, -0.25) is 5.43 Å². The van der Waals surface area contributed by atoms with Gasteiger partial charge in [0.2, 0.25) is 5.96 Å². The average Bonchev–Trinajstić information content (AvgIpc) is 2.31. The summed E-state index contributed by atoms with van der Waals surface area (Å²) in [7, 11) is 1.62. The largest absolute Gasteiger partial charge is 0.383 e. The topological polar surface area (TPSA) is 71.7 Å². The number of benzene rings is 1. The molecule has 0 amide bonds. The molecule has 7 heteroatoms. The molecule has 1 aromatic rings. The molecule has 0 fully saturated rings. The first-order valence-electron chi connectivity index (χ1n) is 4.89. The smallest absolute Gasteiger partial charge is 0.210 e. The summed E-state index contributed by atoms with van der Waals surface area (Å²) in [6, 6.07) is 5.39. The van der Waals surface area contributed by atoms with Crippen LogP contribution in [0.25, 0.3) is 0 Å². The van der Waals surface area contributed by atoms with Gasteiger partial charge in [-0.1, -0.05) is 11.6 Å². The zero-order valence-corrected chi connectivity index (χ0v) is 11.7. The second kappa shape index (κ2) is 7.50. The Labute approximate surface area is 113 Å². The fourth-order valence-corrected chi connectivity index (χ4v) is 1.87. The molecule has 4 N–H and O–H groups in total. The van der Waals surface area contributed by atoms with E-state index in [2.05, 4.69) is 31.7 Å². The molecular weight excluding hydrogens is 307 g/mol. The van der Waals surface area contributed by atoms with Crippen LogP contribution in [0.4, 0.5) is 5.69 Å². The van der Waals surface area contributed by atoms with Gasteiger partial charge in [0.1, 0.15) is 0 Å². The lowest BCUT2D eigenvalue weighted by Crippen LogP contribution is -2.36. The van der Waals surface area contributed by atoms with Crippen molar-refractivity contribution in [3.8, 4) is 0 Å². The molecule has 0 aliphatic rings. The molecule has 0 bridgehead atoms. The molecule has 0 unspecified atom stereocenters. The number of methoxy groups -OCH3 is 1. The van der Waals surface area contributed by atoms with Gasteiger partial charge in [-0.25, -0.2) is 10.8 Å². The normalized spacial score (nSPS) is 11.4. The SMILES string of the molecule is COCCN=C(NN)Nc1ccc(Cl)cc1Br. The Hall–Kier alpha value is -0.820. The van der Waals surface area contributed by atoms with Crippen molar-refractivity contribution in [2.45, 2.75) is 0 Å². The maximum Gasteiger partial charge on any atom is 0.210 e. The van der Waals surface area contributed by atoms with E-state index in [0.717, 1.165) is 10.2 Å². The number of hydrogen-bond donors (Lipinski definition) is 3. The van der Waals surface area contributed by atoms with E-state index >= 15 is 0 Å². The van der Waals surface area contributed by atoms with E-state index < -0.39 is 0 Å². The summed E-state index contributed by atoms with van der Waals surface area (Å²) >= 11 is 9.24. The Balaban J connectivity index is 2.70. The first-order valence-corrected chi connectivity index (χ1v) is 6.06. The van der Waals surface area contributed by atoms with Crippen molar-refractivity contribution in [1.29, 1.82) is 0 Å². The Morgan fingerprint density at radius 3 is 2.94 bits per heavy atom. The number of nitrogens with two attached hydrogens (primary N) is 1. The van der Waals surface area contributed by atoms with Crippen LogP contribution in [0.3, 0.4) is 0 Å². The molecule has 0 spiro atoms. The standard InChI is InChI=1S/C10H14BrClN4O/c1-17-5-4-14-10(16-13)15-9-3-2-7(12)6-8(9)11/h2-3,6H,4-5,13H2,1H3,(H2,14,15,16). The number of nitrogens with zero attached hydrogens (tertiary/aromatic N) is 1. The van der Waals surface area contributed by atoms with Gasteiger partial charge in [0.25, 0.3) is 0 Å². The van der Waals surface area contributed by atoms with Crippen LogP contribution in [-0.2, 0) is 4.74 Å². The number of hydrogen-bond acceptors (Lipinski definition) is 3. The van der Waals surface area contributed by atoms with E-state index in [1.54, 1.807) is 19.2 Å². The Kier molecular flexibility index (Phi) is 6.28. The first kappa shape index (κ1) is 14.2. The van der Waals surface area contributed by atoms with E-state index in [1.165, 1.54) is 0 Å². The van der Waals surface area contributed by atoms with Gasteiger partial charge in [0.15, 0.2) is 0 Å². The third kappa shape index (κ3) is 4.91. The van der Waals surface area contributed by atoms with Gasteiger partial charge in [-0.05, 0) is 34.1 Å². The van der Waals surface area contributed by atoms with Gasteiger partial charge in [0, 0.05) is 16.6 Å². The summed E-state index contributed by atoms with van der Waals surface area (Å²) in [5.74, 6) is 5.82. The van der Waals surface area contributed by atoms with Crippen LogP contribution in [-0.4, -0.2) is 26.2 Å². The quantitative estimate of drug-likeness (QED) is 0.261. The highest BCUT2D eigenvalue weighted by Gasteiger charge is 2.03. The predicted octanol–water partition coefficient (Wildman–Crippen LogP) is 1.98. The molecule has 0 aliphatic carbocycles. The van der Waals surface area contributed by atoms with Gasteiger partial charge < -0.3 is 10.1 Å². The zero-order valence-electron chi connectivity index (χ0n) is 9.34. The summed E-state index contributed by atoms with van der Waals surface area (Å²) in [5, 5.41) is 3.69. The number of aliphatic imine (C=N–C) groups is 1.